The van der Waals surface area contributed by atoms with Crippen LogP contribution in [0.1, 0.15) is 93.5 Å². The molecule has 2 bridgehead atoms. The van der Waals surface area contributed by atoms with Crippen molar-refractivity contribution in [1.29, 1.82) is 0 Å². The predicted octanol–water partition coefficient (Wildman–Crippen LogP) is 8.93. The highest BCUT2D eigenvalue weighted by atomic mass is 35.5. The Balaban J connectivity index is 0.657. The summed E-state index contributed by atoms with van der Waals surface area (Å²) in [6, 6.07) is 15.1. The number of anilines is 2. The Bertz CT molecular complexity index is 3010. The minimum absolute atomic E-state index is 0.0140. The van der Waals surface area contributed by atoms with Crippen molar-refractivity contribution in [2.75, 3.05) is 88.4 Å². The number of fused-ring (bicyclic) bond motifs is 4. The Morgan fingerprint density at radius 3 is 2.30 bits per heavy atom. The average Bonchev–Trinajstić information content (AvgIpc) is 4.09. The molecule has 5 saturated heterocycles. The molecule has 1 aromatic heterocycles. The number of benzene rings is 4. The fourth-order valence-corrected chi connectivity index (χ4v) is 13.6. The van der Waals surface area contributed by atoms with Crippen molar-refractivity contribution in [2.24, 2.45) is 16.7 Å². The molecule has 0 radical (unpaired) electrons. The van der Waals surface area contributed by atoms with E-state index >= 15 is 8.78 Å². The summed E-state index contributed by atoms with van der Waals surface area (Å²) in [4.78, 5) is 58.7. The number of rotatable bonds is 12. The van der Waals surface area contributed by atoms with Gasteiger partial charge in [-0.15, -0.1) is 0 Å². The average molecular weight is 1030 g/mol. The molecule has 2 atom stereocenters. The van der Waals surface area contributed by atoms with Crippen LogP contribution in [0.5, 0.6) is 11.8 Å². The quantitative estimate of drug-likeness (QED) is 0.110. The molecule has 5 aromatic rings. The van der Waals surface area contributed by atoms with E-state index in [0.717, 1.165) is 90.9 Å². The molecule has 5 aliphatic heterocycles. The lowest BCUT2D eigenvalue weighted by Crippen LogP contribution is -2.51. The molecule has 6 heterocycles. The molecule has 4 amide bonds. The SMILES string of the molecule is CCc1c(F)ccc2cc(O)cc(-c3ccc4c(N5CC6CCC(C5)N6)nc(OCC5(CN6CCN(CC7CCC8(CC7)CCN(C(=O)c7ccc(Cl)c(N9CCC(=O)NC9=O)c7)CC8)CC6)CC5)nc4c3F)c12. The van der Waals surface area contributed by atoms with E-state index < -0.39 is 11.8 Å². The van der Waals surface area contributed by atoms with E-state index in [1.165, 1.54) is 42.7 Å². The van der Waals surface area contributed by atoms with Crippen LogP contribution in [0.25, 0.3) is 32.8 Å². The van der Waals surface area contributed by atoms with Crippen molar-refractivity contribution in [3.05, 3.63) is 82.4 Å². The van der Waals surface area contributed by atoms with Crippen molar-refractivity contribution in [1.82, 2.24) is 35.3 Å². The number of piperazine rings is 2. The number of amides is 4. The van der Waals surface area contributed by atoms with Crippen LogP contribution in [-0.2, 0) is 11.2 Å². The van der Waals surface area contributed by atoms with Crippen molar-refractivity contribution in [3.63, 3.8) is 0 Å². The second kappa shape index (κ2) is 19.8. The largest absolute Gasteiger partial charge is 0.508 e. The summed E-state index contributed by atoms with van der Waals surface area (Å²) >= 11 is 6.47. The lowest BCUT2D eigenvalue weighted by Gasteiger charge is -2.47. The van der Waals surface area contributed by atoms with Gasteiger partial charge in [-0.2, -0.15) is 9.97 Å². The first-order chi connectivity index (χ1) is 35.8. The van der Waals surface area contributed by atoms with Crippen LogP contribution < -0.4 is 25.2 Å². The summed E-state index contributed by atoms with van der Waals surface area (Å²) in [5.41, 5.74) is 2.50. The Kier molecular flexibility index (Phi) is 13.2. The first kappa shape index (κ1) is 49.2. The number of hydrogen-bond acceptors (Lipinski definition) is 11. The fourth-order valence-electron chi connectivity index (χ4n) is 13.4. The molecule has 7 fully saturated rings. The number of nitrogens with zero attached hydrogens (tertiary/aromatic N) is 7. The van der Waals surface area contributed by atoms with Crippen molar-refractivity contribution >= 4 is 62.6 Å². The van der Waals surface area contributed by atoms with Crippen molar-refractivity contribution in [3.8, 4) is 22.9 Å². The van der Waals surface area contributed by atoms with E-state index in [9.17, 15) is 19.5 Å². The zero-order chi connectivity index (χ0) is 50.9. The van der Waals surface area contributed by atoms with E-state index in [1.807, 2.05) is 17.9 Å². The standard InChI is InChI=1S/C57H66ClF2N9O5/c1-2-41-46(59)10-4-36-27-40(70)29-44(49(36)41)42-7-8-43-51(50(42)60)63-54(64-52(43)68-31-38-5-6-39(32-68)61-38)74-34-57(16-17-57)33-66-25-23-65(24-26-66)30-35-11-14-56(15-12-35)18-21-67(22-19-56)53(72)37-3-9-45(58)47(28-37)69-20-13-48(71)62-55(69)73/h3-4,7-10,27-29,35,38-39,61,70H,2,5-6,11-26,30-34H2,1H3,(H,62,71,73). The zero-order valence-electron chi connectivity index (χ0n) is 42.2. The minimum atomic E-state index is -0.548. The molecule has 2 unspecified atom stereocenters. The number of aryl methyl sites for hydroxylation is 1. The van der Waals surface area contributed by atoms with Gasteiger partial charge in [-0.1, -0.05) is 30.7 Å². The van der Waals surface area contributed by atoms with Gasteiger partial charge in [-0.3, -0.25) is 19.8 Å². The lowest BCUT2D eigenvalue weighted by molar-refractivity contribution is -0.120. The summed E-state index contributed by atoms with van der Waals surface area (Å²) in [7, 11) is 0. The fraction of sp³-hybridized carbons (Fsp3) is 0.526. The third kappa shape index (κ3) is 9.64. The molecule has 14 nitrogen and oxygen atoms in total. The zero-order valence-corrected chi connectivity index (χ0v) is 43.0. The van der Waals surface area contributed by atoms with Crippen LogP contribution in [0.15, 0.2) is 54.6 Å². The smallest absolute Gasteiger partial charge is 0.328 e. The first-order valence-corrected chi connectivity index (χ1v) is 27.4. The number of likely N-dealkylation sites (tertiary alicyclic amines) is 1. The predicted molar refractivity (Wildman–Crippen MR) is 282 cm³/mol. The number of aromatic nitrogens is 2. The molecular formula is C57H66ClF2N9O5. The highest BCUT2D eigenvalue weighted by molar-refractivity contribution is 6.34. The van der Waals surface area contributed by atoms with Gasteiger partial charge < -0.3 is 34.8 Å². The Morgan fingerprint density at radius 2 is 1.58 bits per heavy atom. The number of halogens is 3. The normalized spacial score (nSPS) is 23.3. The van der Waals surface area contributed by atoms with E-state index in [4.69, 9.17) is 26.3 Å². The number of carbonyl (C=O) groups is 3. The molecule has 1 spiro atoms. The van der Waals surface area contributed by atoms with Crippen LogP contribution in [-0.4, -0.2) is 138 Å². The number of urea groups is 1. The van der Waals surface area contributed by atoms with Crippen LogP contribution in [0, 0.1) is 28.4 Å². The van der Waals surface area contributed by atoms with Gasteiger partial charge in [-0.05, 0) is 146 Å². The number of piperidine rings is 1. The molecule has 390 valence electrons. The number of aromatic hydroxyl groups is 1. The summed E-state index contributed by atoms with van der Waals surface area (Å²) in [6.07, 6.45) is 11.7. The third-order valence-corrected chi connectivity index (χ3v) is 18.2. The maximum absolute atomic E-state index is 17.3. The molecule has 12 rings (SSSR count). The maximum atomic E-state index is 17.3. The van der Waals surface area contributed by atoms with E-state index in [-0.39, 0.29) is 64.3 Å². The van der Waals surface area contributed by atoms with E-state index in [2.05, 4.69) is 25.3 Å². The summed E-state index contributed by atoms with van der Waals surface area (Å²) in [5.74, 6) is 0.0338. The van der Waals surface area contributed by atoms with Gasteiger partial charge in [0.25, 0.3) is 5.91 Å². The first-order valence-electron chi connectivity index (χ1n) is 27.1. The van der Waals surface area contributed by atoms with Gasteiger partial charge in [0.15, 0.2) is 5.82 Å². The number of phenolic OH excluding ortho intramolecular Hbond substituents is 1. The second-order valence-corrected chi connectivity index (χ2v) is 23.1. The Labute approximate surface area is 435 Å². The highest BCUT2D eigenvalue weighted by Gasteiger charge is 2.46. The van der Waals surface area contributed by atoms with Gasteiger partial charge in [-0.25, -0.2) is 13.6 Å². The molecule has 3 N–H and O–H groups in total. The molecule has 74 heavy (non-hydrogen) atoms. The highest BCUT2D eigenvalue weighted by Crippen LogP contribution is 2.49. The van der Waals surface area contributed by atoms with Gasteiger partial charge >= 0.3 is 12.0 Å². The van der Waals surface area contributed by atoms with E-state index in [1.54, 1.807) is 36.4 Å². The number of carbonyl (C=O) groups excluding carboxylic acids is 3. The lowest BCUT2D eigenvalue weighted by atomic mass is 9.65. The van der Waals surface area contributed by atoms with Gasteiger partial charge in [0, 0.05) is 112 Å². The maximum Gasteiger partial charge on any atom is 0.328 e. The van der Waals surface area contributed by atoms with Crippen LogP contribution >= 0.6 is 11.6 Å². The molecule has 2 saturated carbocycles. The van der Waals surface area contributed by atoms with Crippen LogP contribution in [0.4, 0.5) is 25.1 Å². The monoisotopic (exact) mass is 1030 g/mol. The summed E-state index contributed by atoms with van der Waals surface area (Å²) < 4.78 is 39.1. The molecule has 17 heteroatoms. The third-order valence-electron chi connectivity index (χ3n) is 17.9. The summed E-state index contributed by atoms with van der Waals surface area (Å²) in [5, 5.41) is 19.0. The number of phenols is 1. The number of hydrogen-bond donors (Lipinski definition) is 3. The van der Waals surface area contributed by atoms with Crippen LogP contribution in [0.3, 0.4) is 0 Å². The molecular weight excluding hydrogens is 964 g/mol. The van der Waals surface area contributed by atoms with Gasteiger partial charge in [0.2, 0.25) is 5.91 Å². The molecule has 7 aliphatic rings. The second-order valence-electron chi connectivity index (χ2n) is 22.7. The Hall–Kier alpha value is -5.68. The van der Waals surface area contributed by atoms with Crippen LogP contribution in [0.2, 0.25) is 5.02 Å². The number of ether oxygens (including phenoxy) is 1. The van der Waals surface area contributed by atoms with E-state index in [0.29, 0.717) is 93.5 Å². The van der Waals surface area contributed by atoms with Crippen molar-refractivity contribution < 1.29 is 33.0 Å². The molecule has 2 aliphatic carbocycles. The summed E-state index contributed by atoms with van der Waals surface area (Å²) in [6.45, 7) is 11.6. The number of nitrogens with one attached hydrogen (secondary N) is 2. The number of imide groups is 1. The topological polar surface area (TPSA) is 147 Å². The Morgan fingerprint density at radius 1 is 0.838 bits per heavy atom. The minimum Gasteiger partial charge on any atom is -0.508 e. The van der Waals surface area contributed by atoms with Crippen molar-refractivity contribution in [2.45, 2.75) is 96.1 Å². The van der Waals surface area contributed by atoms with Gasteiger partial charge in [0.05, 0.1) is 17.3 Å². The van der Waals surface area contributed by atoms with Gasteiger partial charge in [0.1, 0.15) is 22.9 Å². The molecule has 4 aromatic carbocycles.